The fourth-order valence-corrected chi connectivity index (χ4v) is 4.97. The number of rotatable bonds is 11. The lowest BCUT2D eigenvalue weighted by Gasteiger charge is -2.30. The van der Waals surface area contributed by atoms with Crippen molar-refractivity contribution in [3.8, 4) is 11.5 Å². The zero-order chi connectivity index (χ0) is 32.0. The SMILES string of the molecule is CC(C)(C)OC(=O)N[C@@H](CCS(=N)(=O)CCC(O)(c1ccc(Oc2ccccc2)cn1)C(F)(F)F)C(=O)OC(C)(C)C. The third kappa shape index (κ3) is 11.1. The minimum atomic E-state index is -5.21. The molecule has 2 unspecified atom stereocenters. The maximum absolute atomic E-state index is 14.1. The van der Waals surface area contributed by atoms with E-state index in [1.165, 1.54) is 6.07 Å². The lowest BCUT2D eigenvalue weighted by atomic mass is 9.95. The number of ether oxygens (including phenoxy) is 3. The molecule has 42 heavy (non-hydrogen) atoms. The first-order chi connectivity index (χ1) is 19.1. The molecular formula is C28H38F3N3O7S. The summed E-state index contributed by atoms with van der Waals surface area (Å²) in [6.45, 7) is 9.59. The van der Waals surface area contributed by atoms with Gasteiger partial charge in [0.25, 0.3) is 0 Å². The highest BCUT2D eigenvalue weighted by Gasteiger charge is 2.56. The molecule has 10 nitrogen and oxygen atoms in total. The highest BCUT2D eigenvalue weighted by Crippen LogP contribution is 2.41. The van der Waals surface area contributed by atoms with Gasteiger partial charge in [0.2, 0.25) is 5.60 Å². The Bertz CT molecular complexity index is 1310. The van der Waals surface area contributed by atoms with Crippen molar-refractivity contribution in [3.63, 3.8) is 0 Å². The van der Waals surface area contributed by atoms with Crippen molar-refractivity contribution in [3.05, 3.63) is 54.4 Å². The summed E-state index contributed by atoms with van der Waals surface area (Å²) in [4.78, 5) is 28.7. The van der Waals surface area contributed by atoms with Gasteiger partial charge in [-0.25, -0.2) is 13.8 Å². The van der Waals surface area contributed by atoms with Crippen LogP contribution in [-0.4, -0.2) is 61.3 Å². The number of amides is 1. The van der Waals surface area contributed by atoms with Gasteiger partial charge in [-0.1, -0.05) is 18.2 Å². The van der Waals surface area contributed by atoms with E-state index >= 15 is 0 Å². The number of carbonyl (C=O) groups excluding carboxylic acids is 2. The average Bonchev–Trinajstić information content (AvgIpc) is 2.83. The van der Waals surface area contributed by atoms with Crippen molar-refractivity contribution in [1.29, 1.82) is 4.78 Å². The molecule has 3 N–H and O–H groups in total. The van der Waals surface area contributed by atoms with Crippen LogP contribution in [0.2, 0.25) is 0 Å². The van der Waals surface area contributed by atoms with E-state index in [0.29, 0.717) is 5.75 Å². The molecule has 3 atom stereocenters. The minimum Gasteiger partial charge on any atom is -0.458 e. The van der Waals surface area contributed by atoms with Gasteiger partial charge in [-0.15, -0.1) is 0 Å². The van der Waals surface area contributed by atoms with Gasteiger partial charge in [0.15, 0.2) is 0 Å². The molecule has 14 heteroatoms. The molecule has 0 fully saturated rings. The van der Waals surface area contributed by atoms with Crippen molar-refractivity contribution in [2.24, 2.45) is 0 Å². The largest absolute Gasteiger partial charge is 0.458 e. The summed E-state index contributed by atoms with van der Waals surface area (Å²) in [5, 5.41) is 13.0. The average molecular weight is 618 g/mol. The number of pyridine rings is 1. The van der Waals surface area contributed by atoms with Crippen molar-refractivity contribution in [2.75, 3.05) is 11.5 Å². The Morgan fingerprint density at radius 2 is 1.55 bits per heavy atom. The van der Waals surface area contributed by atoms with Gasteiger partial charge in [0.1, 0.15) is 28.7 Å². The molecule has 2 rings (SSSR count). The molecule has 0 spiro atoms. The number of para-hydroxylation sites is 1. The summed E-state index contributed by atoms with van der Waals surface area (Å²) in [5.74, 6) is -1.78. The summed E-state index contributed by atoms with van der Waals surface area (Å²) in [6, 6.07) is 9.23. The van der Waals surface area contributed by atoms with Gasteiger partial charge in [-0.05, 0) is 72.2 Å². The normalized spacial score (nSPS) is 16.0. The molecule has 1 aromatic carbocycles. The van der Waals surface area contributed by atoms with Crippen LogP contribution < -0.4 is 10.1 Å². The number of halogens is 3. The quantitative estimate of drug-likeness (QED) is 0.273. The molecule has 0 aliphatic heterocycles. The maximum atomic E-state index is 14.1. The van der Waals surface area contributed by atoms with Gasteiger partial charge in [-0.3, -0.25) is 9.76 Å². The van der Waals surface area contributed by atoms with Crippen molar-refractivity contribution < 1.29 is 46.3 Å². The van der Waals surface area contributed by atoms with E-state index in [2.05, 4.69) is 10.3 Å². The fraction of sp³-hybridized carbons (Fsp3) is 0.536. The van der Waals surface area contributed by atoms with Crippen LogP contribution in [0, 0.1) is 4.78 Å². The first-order valence-electron chi connectivity index (χ1n) is 13.1. The molecule has 0 aliphatic carbocycles. The lowest BCUT2D eigenvalue weighted by Crippen LogP contribution is -2.47. The summed E-state index contributed by atoms with van der Waals surface area (Å²) >= 11 is 0. The number of aromatic nitrogens is 1. The maximum Gasteiger partial charge on any atom is 0.423 e. The topological polar surface area (TPSA) is 148 Å². The molecule has 0 saturated carbocycles. The molecular weight excluding hydrogens is 579 g/mol. The monoisotopic (exact) mass is 617 g/mol. The number of hydrogen-bond acceptors (Lipinski definition) is 9. The van der Waals surface area contributed by atoms with E-state index in [1.807, 2.05) is 0 Å². The van der Waals surface area contributed by atoms with E-state index in [-0.39, 0.29) is 12.2 Å². The molecule has 0 aliphatic rings. The Balaban J connectivity index is 2.16. The number of carbonyl (C=O) groups is 2. The molecule has 1 heterocycles. The predicted octanol–water partition coefficient (Wildman–Crippen LogP) is 5.69. The zero-order valence-electron chi connectivity index (χ0n) is 24.4. The number of aliphatic hydroxyl groups is 1. The van der Waals surface area contributed by atoms with Crippen molar-refractivity contribution >= 4 is 21.8 Å². The molecule has 1 aromatic heterocycles. The summed E-state index contributed by atoms with van der Waals surface area (Å²) < 4.78 is 79.4. The van der Waals surface area contributed by atoms with Gasteiger partial charge in [0.05, 0.1) is 11.9 Å². The molecule has 0 saturated heterocycles. The van der Waals surface area contributed by atoms with E-state index in [4.69, 9.17) is 19.0 Å². The number of esters is 1. The second kappa shape index (κ2) is 13.3. The van der Waals surface area contributed by atoms with Crippen molar-refractivity contribution in [1.82, 2.24) is 10.3 Å². The Morgan fingerprint density at radius 3 is 2.05 bits per heavy atom. The highest BCUT2D eigenvalue weighted by atomic mass is 32.2. The third-order valence-electron chi connectivity index (χ3n) is 5.52. The predicted molar refractivity (Wildman–Crippen MR) is 150 cm³/mol. The van der Waals surface area contributed by atoms with Gasteiger partial charge >= 0.3 is 18.2 Å². The van der Waals surface area contributed by atoms with E-state index in [0.717, 1.165) is 12.3 Å². The second-order valence-electron chi connectivity index (χ2n) is 11.6. The number of hydrogen-bond donors (Lipinski definition) is 3. The van der Waals surface area contributed by atoms with Crippen LogP contribution >= 0.6 is 0 Å². The second-order valence-corrected chi connectivity index (χ2v) is 14.1. The number of nitrogens with zero attached hydrogens (tertiary/aromatic N) is 1. The number of benzene rings is 1. The number of alkyl carbamates (subject to hydrolysis) is 1. The summed E-state index contributed by atoms with van der Waals surface area (Å²) in [7, 11) is -3.79. The molecule has 234 valence electrons. The van der Waals surface area contributed by atoms with Gasteiger partial charge in [-0.2, -0.15) is 13.2 Å². The summed E-state index contributed by atoms with van der Waals surface area (Å²) in [5.41, 5.74) is -6.11. The molecule has 0 radical (unpaired) electrons. The van der Waals surface area contributed by atoms with Gasteiger partial charge in [0, 0.05) is 27.7 Å². The van der Waals surface area contributed by atoms with E-state index in [9.17, 15) is 32.1 Å². The molecule has 0 bridgehead atoms. The standard InChI is InChI=1S/C28H38F3N3O7S/c1-25(2,3)40-23(35)21(34-24(36)41-26(4,5)6)14-16-42(32,38)17-15-27(37,28(29,30)31)22-13-12-20(18-33-22)39-19-10-8-7-9-11-19/h7-13,18,21,32,37H,14-17H2,1-6H3,(H,34,36)/t21-,27?,42?/m0/s1. The zero-order valence-corrected chi connectivity index (χ0v) is 25.2. The van der Waals surface area contributed by atoms with Crippen LogP contribution in [0.5, 0.6) is 11.5 Å². The number of alkyl halides is 3. The summed E-state index contributed by atoms with van der Waals surface area (Å²) in [6.07, 6.45) is -6.68. The van der Waals surface area contributed by atoms with Crippen LogP contribution in [0.15, 0.2) is 48.7 Å². The fourth-order valence-electron chi connectivity index (χ4n) is 3.52. The Labute approximate surface area is 243 Å². The van der Waals surface area contributed by atoms with Crippen LogP contribution in [-0.2, 0) is 29.6 Å². The van der Waals surface area contributed by atoms with E-state index < -0.39 is 74.4 Å². The Kier molecular flexibility index (Phi) is 11.0. The van der Waals surface area contributed by atoms with Crippen LogP contribution in [0.25, 0.3) is 0 Å². The minimum absolute atomic E-state index is 0.129. The lowest BCUT2D eigenvalue weighted by molar-refractivity contribution is -0.268. The first-order valence-corrected chi connectivity index (χ1v) is 14.9. The highest BCUT2D eigenvalue weighted by molar-refractivity contribution is 7.92. The first kappa shape index (κ1) is 34.8. The third-order valence-corrected chi connectivity index (χ3v) is 7.28. The molecule has 2 aromatic rings. The smallest absolute Gasteiger partial charge is 0.423 e. The van der Waals surface area contributed by atoms with Gasteiger partial charge < -0.3 is 24.6 Å². The molecule has 1 amide bonds. The van der Waals surface area contributed by atoms with Crippen LogP contribution in [0.4, 0.5) is 18.0 Å². The van der Waals surface area contributed by atoms with Crippen molar-refractivity contribution in [2.45, 2.75) is 83.4 Å². The van der Waals surface area contributed by atoms with Crippen LogP contribution in [0.1, 0.15) is 60.1 Å². The van der Waals surface area contributed by atoms with Crippen LogP contribution in [0.3, 0.4) is 0 Å². The Morgan fingerprint density at radius 1 is 0.952 bits per heavy atom. The van der Waals surface area contributed by atoms with E-state index in [1.54, 1.807) is 71.9 Å². The Hall–Kier alpha value is -3.39. The number of nitrogens with one attached hydrogen (secondary N) is 2.